The Morgan fingerprint density at radius 3 is 2.12 bits per heavy atom. The molecule has 6 nitrogen and oxygen atoms in total. The molecule has 0 aromatic heterocycles. The first-order valence-electron chi connectivity index (χ1n) is 10.4. The Kier molecular flexibility index (Phi) is 7.81. The van der Waals surface area contributed by atoms with Gasteiger partial charge < -0.3 is 10.1 Å². The number of carbonyl (C=O) groups is 1. The third-order valence-corrected chi connectivity index (χ3v) is 7.66. The van der Waals surface area contributed by atoms with Gasteiger partial charge >= 0.3 is 0 Å². The van der Waals surface area contributed by atoms with Crippen molar-refractivity contribution < 1.29 is 17.9 Å². The Morgan fingerprint density at radius 1 is 1.00 bits per heavy atom. The molecule has 0 fully saturated rings. The fourth-order valence-electron chi connectivity index (χ4n) is 3.32. The van der Waals surface area contributed by atoms with Crippen molar-refractivity contribution in [1.29, 1.82) is 0 Å². The lowest BCUT2D eigenvalue weighted by atomic mass is 10.1. The number of aryl methyl sites for hydroxylation is 2. The quantitative estimate of drug-likeness (QED) is 0.437. The lowest BCUT2D eigenvalue weighted by molar-refractivity contribution is -0.120. The Balaban J connectivity index is 1.91. The van der Waals surface area contributed by atoms with Crippen LogP contribution in [0.25, 0.3) is 0 Å². The van der Waals surface area contributed by atoms with Gasteiger partial charge in [0.1, 0.15) is 12.3 Å². The van der Waals surface area contributed by atoms with Crippen LogP contribution in [-0.4, -0.2) is 28.0 Å². The van der Waals surface area contributed by atoms with E-state index in [1.165, 1.54) is 19.2 Å². The second-order valence-electron chi connectivity index (χ2n) is 7.84. The number of sulfonamides is 1. The second kappa shape index (κ2) is 10.4. The van der Waals surface area contributed by atoms with Crippen molar-refractivity contribution in [3.63, 3.8) is 0 Å². The average Bonchev–Trinajstić information content (AvgIpc) is 2.78. The fraction of sp³-hybridized carbons (Fsp3) is 0.240. The van der Waals surface area contributed by atoms with E-state index < -0.39 is 15.9 Å². The van der Waals surface area contributed by atoms with Crippen LogP contribution in [0.3, 0.4) is 0 Å². The van der Waals surface area contributed by atoms with Crippen LogP contribution in [0, 0.1) is 13.8 Å². The van der Waals surface area contributed by atoms with Crippen molar-refractivity contribution in [3.8, 4) is 5.75 Å². The summed E-state index contributed by atoms with van der Waals surface area (Å²) in [6.07, 6.45) is 0. The molecule has 0 unspecified atom stereocenters. The molecule has 3 rings (SSSR count). The first-order valence-corrected chi connectivity index (χ1v) is 12.6. The summed E-state index contributed by atoms with van der Waals surface area (Å²) in [4.78, 5) is 13.0. The van der Waals surface area contributed by atoms with Gasteiger partial charge in [0.25, 0.3) is 10.0 Å². The largest absolute Gasteiger partial charge is 0.496 e. The smallest absolute Gasteiger partial charge is 0.264 e. The first kappa shape index (κ1) is 24.8. The third kappa shape index (κ3) is 5.94. The second-order valence-corrected chi connectivity index (χ2v) is 10.6. The number of amides is 1. The van der Waals surface area contributed by atoms with Crippen molar-refractivity contribution in [2.75, 3.05) is 18.0 Å². The summed E-state index contributed by atoms with van der Waals surface area (Å²) >= 11 is 3.34. The summed E-state index contributed by atoms with van der Waals surface area (Å²) in [5.74, 6) is 0.111. The molecule has 0 spiro atoms. The highest BCUT2D eigenvalue weighted by Gasteiger charge is 2.28. The zero-order valence-electron chi connectivity index (χ0n) is 19.0. The molecule has 1 amide bonds. The first-order chi connectivity index (χ1) is 15.6. The monoisotopic (exact) mass is 530 g/mol. The summed E-state index contributed by atoms with van der Waals surface area (Å²) in [5.41, 5.74) is 3.46. The number of carbonyl (C=O) groups excluding carboxylic acids is 1. The van der Waals surface area contributed by atoms with E-state index >= 15 is 0 Å². The standard InChI is InChI=1S/C25H27BrN2O4S/c1-17-5-9-20(10-6-17)19(3)27-25(29)16-28(21-11-7-18(2)8-12-21)33(30,31)22-13-14-24(32-4)23(26)15-22/h5-15,19H,16H2,1-4H3,(H,27,29)/t19-/m1/s1. The SMILES string of the molecule is COc1ccc(S(=O)(=O)N(CC(=O)N[C@H](C)c2ccc(C)cc2)c2ccc(C)cc2)cc1Br. The maximum atomic E-state index is 13.6. The Bertz CT molecular complexity index is 1230. The predicted molar refractivity (Wildman–Crippen MR) is 134 cm³/mol. The molecule has 3 aromatic rings. The van der Waals surface area contributed by atoms with E-state index in [1.807, 2.05) is 57.2 Å². The highest BCUT2D eigenvalue weighted by molar-refractivity contribution is 9.10. The summed E-state index contributed by atoms with van der Waals surface area (Å²) in [6.45, 7) is 5.42. The number of halogens is 1. The summed E-state index contributed by atoms with van der Waals surface area (Å²) in [7, 11) is -2.52. The molecular formula is C25H27BrN2O4S. The molecule has 1 N–H and O–H groups in total. The number of hydrogen-bond donors (Lipinski definition) is 1. The van der Waals surface area contributed by atoms with E-state index in [9.17, 15) is 13.2 Å². The number of methoxy groups -OCH3 is 1. The van der Waals surface area contributed by atoms with E-state index in [1.54, 1.807) is 18.2 Å². The maximum absolute atomic E-state index is 13.6. The Labute approximate surface area is 203 Å². The fourth-order valence-corrected chi connectivity index (χ4v) is 5.46. The van der Waals surface area contributed by atoms with Crippen molar-refractivity contribution in [2.24, 2.45) is 0 Å². The topological polar surface area (TPSA) is 75.7 Å². The van der Waals surface area contributed by atoms with E-state index in [4.69, 9.17) is 4.74 Å². The molecule has 0 aliphatic heterocycles. The molecular weight excluding hydrogens is 504 g/mol. The normalized spacial score (nSPS) is 12.2. The molecule has 3 aromatic carbocycles. The molecule has 0 aliphatic carbocycles. The van der Waals surface area contributed by atoms with Crippen LogP contribution < -0.4 is 14.4 Å². The Hall–Kier alpha value is -2.84. The van der Waals surface area contributed by atoms with Crippen molar-refractivity contribution in [2.45, 2.75) is 31.7 Å². The zero-order valence-corrected chi connectivity index (χ0v) is 21.4. The summed E-state index contributed by atoms with van der Waals surface area (Å²) in [6, 6.07) is 19.1. The highest BCUT2D eigenvalue weighted by atomic mass is 79.9. The van der Waals surface area contributed by atoms with Gasteiger partial charge in [0.15, 0.2) is 0 Å². The maximum Gasteiger partial charge on any atom is 0.264 e. The van der Waals surface area contributed by atoms with Gasteiger partial charge in [-0.25, -0.2) is 8.42 Å². The van der Waals surface area contributed by atoms with Crippen molar-refractivity contribution >= 4 is 37.5 Å². The minimum Gasteiger partial charge on any atom is -0.496 e. The van der Waals surface area contributed by atoms with E-state index in [0.717, 1.165) is 21.0 Å². The van der Waals surface area contributed by atoms with Gasteiger partial charge in [-0.15, -0.1) is 0 Å². The van der Waals surface area contributed by atoms with Crippen LogP contribution in [0.2, 0.25) is 0 Å². The lowest BCUT2D eigenvalue weighted by Gasteiger charge is -2.25. The molecule has 1 atom stereocenters. The van der Waals surface area contributed by atoms with Crippen LogP contribution in [-0.2, 0) is 14.8 Å². The van der Waals surface area contributed by atoms with Gasteiger partial charge in [-0.1, -0.05) is 47.5 Å². The van der Waals surface area contributed by atoms with E-state index in [2.05, 4.69) is 21.2 Å². The molecule has 0 saturated carbocycles. The van der Waals surface area contributed by atoms with Gasteiger partial charge in [-0.05, 0) is 72.6 Å². The van der Waals surface area contributed by atoms with Gasteiger partial charge in [-0.2, -0.15) is 0 Å². The summed E-state index contributed by atoms with van der Waals surface area (Å²) < 4.78 is 34.0. The minimum atomic E-state index is -4.03. The van der Waals surface area contributed by atoms with Crippen LogP contribution in [0.15, 0.2) is 76.1 Å². The highest BCUT2D eigenvalue weighted by Crippen LogP contribution is 2.31. The summed E-state index contributed by atoms with van der Waals surface area (Å²) in [5, 5.41) is 2.91. The Morgan fingerprint density at radius 2 is 1.58 bits per heavy atom. The molecule has 0 heterocycles. The number of nitrogens with zero attached hydrogens (tertiary/aromatic N) is 1. The lowest BCUT2D eigenvalue weighted by Crippen LogP contribution is -2.41. The number of ether oxygens (including phenoxy) is 1. The van der Waals surface area contributed by atoms with Crippen LogP contribution in [0.4, 0.5) is 5.69 Å². The molecule has 0 radical (unpaired) electrons. The van der Waals surface area contributed by atoms with Gasteiger partial charge in [0.05, 0.1) is 28.2 Å². The van der Waals surface area contributed by atoms with E-state index in [0.29, 0.717) is 15.9 Å². The number of rotatable bonds is 8. The third-order valence-electron chi connectivity index (χ3n) is 5.28. The number of benzene rings is 3. The van der Waals surface area contributed by atoms with Gasteiger partial charge in [-0.3, -0.25) is 9.10 Å². The van der Waals surface area contributed by atoms with Crippen LogP contribution in [0.1, 0.15) is 29.7 Å². The average molecular weight is 531 g/mol. The van der Waals surface area contributed by atoms with Crippen LogP contribution in [0.5, 0.6) is 5.75 Å². The van der Waals surface area contributed by atoms with Crippen LogP contribution >= 0.6 is 15.9 Å². The molecule has 33 heavy (non-hydrogen) atoms. The van der Waals surface area contributed by atoms with E-state index in [-0.39, 0.29) is 17.5 Å². The number of nitrogens with one attached hydrogen (secondary N) is 1. The van der Waals surface area contributed by atoms with Crippen molar-refractivity contribution in [1.82, 2.24) is 5.32 Å². The number of hydrogen-bond acceptors (Lipinski definition) is 4. The molecule has 8 heteroatoms. The predicted octanol–water partition coefficient (Wildman–Crippen LogP) is 5.15. The minimum absolute atomic E-state index is 0.0510. The zero-order chi connectivity index (χ0) is 24.2. The van der Waals surface area contributed by atoms with Gasteiger partial charge in [0.2, 0.25) is 5.91 Å². The molecule has 0 saturated heterocycles. The van der Waals surface area contributed by atoms with Crippen molar-refractivity contribution in [3.05, 3.63) is 87.9 Å². The number of anilines is 1. The molecule has 0 bridgehead atoms. The molecule has 174 valence electrons. The van der Waals surface area contributed by atoms with Gasteiger partial charge in [0, 0.05) is 0 Å². The molecule has 0 aliphatic rings.